The number of carboxylic acid groups (broad SMARTS) is 1. The van der Waals surface area contributed by atoms with Gasteiger partial charge in [-0.25, -0.2) is 9.78 Å². The van der Waals surface area contributed by atoms with E-state index >= 15 is 0 Å². The van der Waals surface area contributed by atoms with Gasteiger partial charge >= 0.3 is 5.97 Å². The number of ether oxygens (including phenoxy) is 1. The van der Waals surface area contributed by atoms with Crippen LogP contribution >= 0.6 is 0 Å². The summed E-state index contributed by atoms with van der Waals surface area (Å²) >= 11 is 0. The van der Waals surface area contributed by atoms with Crippen LogP contribution in [0.15, 0.2) is 43.1 Å². The SMILES string of the molecule is C=CCCCOc1ncc(C(=O)O)c2ccccc12. The summed E-state index contributed by atoms with van der Waals surface area (Å²) in [5.41, 5.74) is 0.189. The minimum absolute atomic E-state index is 0.189. The number of aromatic carboxylic acids is 1. The summed E-state index contributed by atoms with van der Waals surface area (Å²) in [6.07, 6.45) is 4.92. The lowest BCUT2D eigenvalue weighted by atomic mass is 10.1. The molecule has 2 rings (SSSR count). The van der Waals surface area contributed by atoms with Gasteiger partial charge in [-0.05, 0) is 18.9 Å². The molecule has 19 heavy (non-hydrogen) atoms. The molecule has 0 fully saturated rings. The van der Waals surface area contributed by atoms with Crippen LogP contribution in [0.4, 0.5) is 0 Å². The van der Waals surface area contributed by atoms with Gasteiger partial charge in [0.05, 0.1) is 12.2 Å². The zero-order chi connectivity index (χ0) is 13.7. The smallest absolute Gasteiger partial charge is 0.337 e. The molecule has 1 heterocycles. The van der Waals surface area contributed by atoms with Crippen molar-refractivity contribution in [2.24, 2.45) is 0 Å². The number of nitrogens with zero attached hydrogens (tertiary/aromatic N) is 1. The molecule has 0 saturated carbocycles. The molecule has 0 spiro atoms. The highest BCUT2D eigenvalue weighted by atomic mass is 16.5. The van der Waals surface area contributed by atoms with Crippen LogP contribution in [0.3, 0.4) is 0 Å². The number of pyridine rings is 1. The summed E-state index contributed by atoms with van der Waals surface area (Å²) in [7, 11) is 0. The van der Waals surface area contributed by atoms with Crippen molar-refractivity contribution in [3.05, 3.63) is 48.7 Å². The molecule has 0 atom stereocenters. The lowest BCUT2D eigenvalue weighted by Crippen LogP contribution is -2.03. The third-order valence-corrected chi connectivity index (χ3v) is 2.78. The quantitative estimate of drug-likeness (QED) is 0.637. The highest BCUT2D eigenvalue weighted by molar-refractivity contribution is 6.04. The Labute approximate surface area is 111 Å². The van der Waals surface area contributed by atoms with Gasteiger partial charge in [0, 0.05) is 17.0 Å². The molecule has 1 N–H and O–H groups in total. The highest BCUT2D eigenvalue weighted by Gasteiger charge is 2.12. The second-order valence-corrected chi connectivity index (χ2v) is 4.11. The largest absolute Gasteiger partial charge is 0.478 e. The Bertz CT molecular complexity index is 607. The van der Waals surface area contributed by atoms with Crippen LogP contribution in [-0.4, -0.2) is 22.7 Å². The summed E-state index contributed by atoms with van der Waals surface area (Å²) in [6.45, 7) is 4.19. The molecule has 1 aromatic heterocycles. The van der Waals surface area contributed by atoms with Crippen molar-refractivity contribution in [2.75, 3.05) is 6.61 Å². The summed E-state index contributed by atoms with van der Waals surface area (Å²) in [6, 6.07) is 7.22. The Morgan fingerprint density at radius 1 is 1.37 bits per heavy atom. The van der Waals surface area contributed by atoms with Gasteiger partial charge in [0.1, 0.15) is 0 Å². The first-order valence-electron chi connectivity index (χ1n) is 6.08. The Morgan fingerprint density at radius 2 is 2.11 bits per heavy atom. The number of unbranched alkanes of at least 4 members (excludes halogenated alkanes) is 1. The van der Waals surface area contributed by atoms with Crippen LogP contribution in [0.25, 0.3) is 10.8 Å². The molecular weight excluding hydrogens is 242 g/mol. The second-order valence-electron chi connectivity index (χ2n) is 4.11. The van der Waals surface area contributed by atoms with Gasteiger partial charge in [-0.2, -0.15) is 0 Å². The first kappa shape index (κ1) is 13.1. The van der Waals surface area contributed by atoms with Gasteiger partial charge < -0.3 is 9.84 Å². The number of aromatic nitrogens is 1. The molecule has 0 unspecified atom stereocenters. The molecule has 0 aliphatic heterocycles. The summed E-state index contributed by atoms with van der Waals surface area (Å²) in [5, 5.41) is 10.5. The monoisotopic (exact) mass is 257 g/mol. The van der Waals surface area contributed by atoms with E-state index in [1.807, 2.05) is 18.2 Å². The van der Waals surface area contributed by atoms with E-state index in [1.54, 1.807) is 12.1 Å². The predicted molar refractivity (Wildman–Crippen MR) is 73.6 cm³/mol. The van der Waals surface area contributed by atoms with Gasteiger partial charge in [-0.15, -0.1) is 6.58 Å². The van der Waals surface area contributed by atoms with Crippen molar-refractivity contribution in [3.8, 4) is 5.88 Å². The van der Waals surface area contributed by atoms with E-state index in [0.717, 1.165) is 18.2 Å². The first-order valence-corrected chi connectivity index (χ1v) is 6.08. The van der Waals surface area contributed by atoms with E-state index in [2.05, 4.69) is 11.6 Å². The minimum atomic E-state index is -0.984. The third kappa shape index (κ3) is 2.91. The minimum Gasteiger partial charge on any atom is -0.478 e. The lowest BCUT2D eigenvalue weighted by molar-refractivity contribution is 0.0698. The van der Waals surface area contributed by atoms with Crippen molar-refractivity contribution >= 4 is 16.7 Å². The Morgan fingerprint density at radius 3 is 2.79 bits per heavy atom. The van der Waals surface area contributed by atoms with Gasteiger partial charge in [-0.1, -0.05) is 24.3 Å². The Kier molecular flexibility index (Phi) is 4.13. The Hall–Kier alpha value is -2.36. The average molecular weight is 257 g/mol. The molecule has 1 aromatic carbocycles. The van der Waals surface area contributed by atoms with Gasteiger partial charge in [0.2, 0.25) is 5.88 Å². The van der Waals surface area contributed by atoms with Gasteiger partial charge in [0.15, 0.2) is 0 Å². The molecule has 0 amide bonds. The van der Waals surface area contributed by atoms with Gasteiger partial charge in [-0.3, -0.25) is 0 Å². The number of benzene rings is 1. The average Bonchev–Trinajstić information content (AvgIpc) is 2.43. The van der Waals surface area contributed by atoms with E-state index in [0.29, 0.717) is 17.9 Å². The fraction of sp³-hybridized carbons (Fsp3) is 0.200. The molecule has 0 aliphatic rings. The van der Waals surface area contributed by atoms with Crippen molar-refractivity contribution in [1.29, 1.82) is 0 Å². The summed E-state index contributed by atoms with van der Waals surface area (Å²) in [5.74, 6) is -0.508. The second kappa shape index (κ2) is 6.00. The number of carboxylic acids is 1. The molecule has 0 bridgehead atoms. The van der Waals surface area contributed by atoms with Crippen LogP contribution in [0, 0.1) is 0 Å². The third-order valence-electron chi connectivity index (χ3n) is 2.78. The highest BCUT2D eigenvalue weighted by Crippen LogP contribution is 2.26. The molecule has 0 saturated heterocycles. The first-order chi connectivity index (χ1) is 9.24. The molecule has 98 valence electrons. The molecule has 4 heteroatoms. The van der Waals surface area contributed by atoms with E-state index in [9.17, 15) is 4.79 Å². The van der Waals surface area contributed by atoms with Gasteiger partial charge in [0.25, 0.3) is 0 Å². The fourth-order valence-electron chi connectivity index (χ4n) is 1.85. The van der Waals surface area contributed by atoms with Crippen molar-refractivity contribution < 1.29 is 14.6 Å². The zero-order valence-electron chi connectivity index (χ0n) is 10.5. The maximum Gasteiger partial charge on any atom is 0.337 e. The molecule has 0 aliphatic carbocycles. The maximum absolute atomic E-state index is 11.1. The van der Waals surface area contributed by atoms with E-state index in [1.165, 1.54) is 6.20 Å². The normalized spacial score (nSPS) is 10.3. The van der Waals surface area contributed by atoms with Crippen LogP contribution < -0.4 is 4.74 Å². The molecule has 0 radical (unpaired) electrons. The van der Waals surface area contributed by atoms with Crippen LogP contribution in [0.1, 0.15) is 23.2 Å². The van der Waals surface area contributed by atoms with Crippen molar-refractivity contribution in [3.63, 3.8) is 0 Å². The van der Waals surface area contributed by atoms with Crippen molar-refractivity contribution in [2.45, 2.75) is 12.8 Å². The standard InChI is InChI=1S/C15H15NO3/c1-2-3-6-9-19-14-12-8-5-4-7-11(12)13(10-16-14)15(17)18/h2,4-5,7-8,10H,1,3,6,9H2,(H,17,18). The summed E-state index contributed by atoms with van der Waals surface area (Å²) in [4.78, 5) is 15.2. The number of hydrogen-bond donors (Lipinski definition) is 1. The summed E-state index contributed by atoms with van der Waals surface area (Å²) < 4.78 is 5.60. The number of allylic oxidation sites excluding steroid dienone is 1. The number of fused-ring (bicyclic) bond motifs is 1. The van der Waals surface area contributed by atoms with Crippen LogP contribution in [-0.2, 0) is 0 Å². The topological polar surface area (TPSA) is 59.4 Å². The fourth-order valence-corrected chi connectivity index (χ4v) is 1.85. The molecular formula is C15H15NO3. The van der Waals surface area contributed by atoms with Crippen LogP contribution in [0.5, 0.6) is 5.88 Å². The number of carbonyl (C=O) groups is 1. The zero-order valence-corrected chi connectivity index (χ0v) is 10.5. The molecule has 2 aromatic rings. The predicted octanol–water partition coefficient (Wildman–Crippen LogP) is 3.28. The number of rotatable bonds is 6. The number of hydrogen-bond acceptors (Lipinski definition) is 3. The molecule has 4 nitrogen and oxygen atoms in total. The Balaban J connectivity index is 2.33. The van der Waals surface area contributed by atoms with E-state index < -0.39 is 5.97 Å². The lowest BCUT2D eigenvalue weighted by Gasteiger charge is -2.09. The van der Waals surface area contributed by atoms with E-state index in [4.69, 9.17) is 9.84 Å². The van der Waals surface area contributed by atoms with Crippen LogP contribution in [0.2, 0.25) is 0 Å². The van der Waals surface area contributed by atoms with Crippen molar-refractivity contribution in [1.82, 2.24) is 4.98 Å². The van der Waals surface area contributed by atoms with E-state index in [-0.39, 0.29) is 5.56 Å². The maximum atomic E-state index is 11.1.